The number of benzene rings is 1. The van der Waals surface area contributed by atoms with Gasteiger partial charge in [0.05, 0.1) is 19.7 Å². The molecule has 1 aromatic carbocycles. The minimum absolute atomic E-state index is 0.00243. The van der Waals surface area contributed by atoms with Gasteiger partial charge in [-0.3, -0.25) is 9.59 Å². The molecule has 2 aromatic rings. The maximum Gasteiger partial charge on any atom is 0.247 e. The van der Waals surface area contributed by atoms with Crippen molar-refractivity contribution < 1.29 is 19.4 Å². The maximum atomic E-state index is 11.9. The number of carbonyl (C=O) groups excluding carboxylic acids is 2. The lowest BCUT2D eigenvalue weighted by Crippen LogP contribution is -2.19. The lowest BCUT2D eigenvalue weighted by atomic mass is 10.2. The normalized spacial score (nSPS) is 10.7. The molecule has 0 radical (unpaired) electrons. The highest BCUT2D eigenvalue weighted by Crippen LogP contribution is 2.25. The lowest BCUT2D eigenvalue weighted by Gasteiger charge is -2.03. The van der Waals surface area contributed by atoms with E-state index in [9.17, 15) is 14.7 Å². The molecule has 0 spiro atoms. The van der Waals surface area contributed by atoms with E-state index in [-0.39, 0.29) is 24.0 Å². The van der Waals surface area contributed by atoms with Crippen LogP contribution in [-0.2, 0) is 16.0 Å². The van der Waals surface area contributed by atoms with Crippen LogP contribution in [0.15, 0.2) is 23.3 Å². The number of phenols is 1. The molecular weight excluding hydrogens is 358 g/mol. The highest BCUT2D eigenvalue weighted by Gasteiger charge is 2.10. The smallest absolute Gasteiger partial charge is 0.247 e. The van der Waals surface area contributed by atoms with Crippen LogP contribution in [0.4, 0.5) is 5.13 Å². The average Bonchev–Trinajstić information content (AvgIpc) is 3.03. The Morgan fingerprint density at radius 3 is 2.88 bits per heavy atom. The Morgan fingerprint density at radius 1 is 1.35 bits per heavy atom. The molecule has 1 aromatic heterocycles. The Labute approximate surface area is 154 Å². The molecule has 0 aliphatic rings. The number of anilines is 1. The summed E-state index contributed by atoms with van der Waals surface area (Å²) in [6.07, 6.45) is 2.57. The number of methoxy groups -OCH3 is 1. The van der Waals surface area contributed by atoms with Crippen LogP contribution in [0.1, 0.15) is 30.3 Å². The second kappa shape index (κ2) is 9.47. The van der Waals surface area contributed by atoms with Gasteiger partial charge < -0.3 is 15.2 Å². The average molecular weight is 377 g/mol. The van der Waals surface area contributed by atoms with E-state index in [2.05, 4.69) is 26.0 Å². The van der Waals surface area contributed by atoms with Crippen molar-refractivity contribution in [1.82, 2.24) is 15.6 Å². The van der Waals surface area contributed by atoms with Crippen molar-refractivity contribution in [3.05, 3.63) is 28.8 Å². The largest absolute Gasteiger partial charge is 0.504 e. The Balaban J connectivity index is 1.85. The first kappa shape index (κ1) is 19.3. The van der Waals surface area contributed by atoms with Gasteiger partial charge in [0, 0.05) is 6.42 Å². The molecule has 2 amide bonds. The first-order chi connectivity index (χ1) is 12.5. The number of aromatic hydroxyl groups is 1. The third-order valence-corrected chi connectivity index (χ3v) is 3.95. The number of aromatic nitrogens is 2. The predicted octanol–water partition coefficient (Wildman–Crippen LogP) is 1.68. The van der Waals surface area contributed by atoms with Gasteiger partial charge in [-0.05, 0) is 30.2 Å². The second-order valence-electron chi connectivity index (χ2n) is 5.20. The fourth-order valence-corrected chi connectivity index (χ4v) is 2.67. The minimum atomic E-state index is -0.366. The number of rotatable bonds is 8. The van der Waals surface area contributed by atoms with Crippen molar-refractivity contribution in [2.75, 3.05) is 12.4 Å². The number of hydrazone groups is 1. The summed E-state index contributed by atoms with van der Waals surface area (Å²) in [6.45, 7) is 1.91. The van der Waals surface area contributed by atoms with E-state index in [4.69, 9.17) is 4.74 Å². The summed E-state index contributed by atoms with van der Waals surface area (Å²) in [5, 5.41) is 24.5. The van der Waals surface area contributed by atoms with E-state index in [0.717, 1.165) is 17.8 Å². The van der Waals surface area contributed by atoms with Crippen molar-refractivity contribution in [3.63, 3.8) is 0 Å². The molecule has 0 saturated heterocycles. The van der Waals surface area contributed by atoms with Crippen LogP contribution in [0.25, 0.3) is 0 Å². The Hall–Kier alpha value is -3.01. The molecule has 9 nitrogen and oxygen atoms in total. The van der Waals surface area contributed by atoms with Gasteiger partial charge in [0.1, 0.15) is 5.01 Å². The zero-order valence-electron chi connectivity index (χ0n) is 14.4. The zero-order valence-corrected chi connectivity index (χ0v) is 15.2. The molecule has 0 saturated carbocycles. The summed E-state index contributed by atoms with van der Waals surface area (Å²) in [4.78, 5) is 23.4. The Morgan fingerprint density at radius 2 is 2.15 bits per heavy atom. The van der Waals surface area contributed by atoms with Crippen LogP contribution in [0.5, 0.6) is 11.5 Å². The molecule has 26 heavy (non-hydrogen) atoms. The van der Waals surface area contributed by atoms with Crippen LogP contribution in [0.3, 0.4) is 0 Å². The summed E-state index contributed by atoms with van der Waals surface area (Å²) in [5.41, 5.74) is 3.03. The first-order valence-corrected chi connectivity index (χ1v) is 8.64. The molecule has 10 heteroatoms. The fraction of sp³-hybridized carbons (Fsp3) is 0.312. The van der Waals surface area contributed by atoms with Crippen LogP contribution < -0.4 is 15.5 Å². The third-order valence-electron chi connectivity index (χ3n) is 3.11. The summed E-state index contributed by atoms with van der Waals surface area (Å²) < 4.78 is 4.99. The first-order valence-electron chi connectivity index (χ1n) is 7.83. The van der Waals surface area contributed by atoms with E-state index in [0.29, 0.717) is 27.9 Å². The van der Waals surface area contributed by atoms with E-state index in [1.165, 1.54) is 19.4 Å². The Bertz CT molecular complexity index is 806. The van der Waals surface area contributed by atoms with Gasteiger partial charge in [0.2, 0.25) is 16.9 Å². The minimum Gasteiger partial charge on any atom is -0.504 e. The topological polar surface area (TPSA) is 126 Å². The molecule has 0 fully saturated rings. The van der Waals surface area contributed by atoms with E-state index < -0.39 is 0 Å². The van der Waals surface area contributed by atoms with Crippen molar-refractivity contribution in [2.45, 2.75) is 26.2 Å². The quantitative estimate of drug-likeness (QED) is 0.475. The molecule has 1 heterocycles. The van der Waals surface area contributed by atoms with E-state index in [1.54, 1.807) is 12.1 Å². The molecule has 138 valence electrons. The van der Waals surface area contributed by atoms with Crippen molar-refractivity contribution >= 4 is 34.5 Å². The molecular formula is C16H19N5O4S. The van der Waals surface area contributed by atoms with Crippen molar-refractivity contribution in [2.24, 2.45) is 5.10 Å². The number of hydrogen-bond acceptors (Lipinski definition) is 8. The number of hydrogen-bond donors (Lipinski definition) is 3. The van der Waals surface area contributed by atoms with E-state index in [1.807, 2.05) is 6.92 Å². The molecule has 0 atom stereocenters. The molecule has 3 N–H and O–H groups in total. The molecule has 0 aliphatic heterocycles. The number of ether oxygens (including phenoxy) is 1. The van der Waals surface area contributed by atoms with Crippen molar-refractivity contribution in [1.29, 1.82) is 0 Å². The lowest BCUT2D eigenvalue weighted by molar-refractivity contribution is -0.120. The third kappa shape index (κ3) is 5.81. The second-order valence-corrected chi connectivity index (χ2v) is 6.26. The Kier molecular flexibility index (Phi) is 7.03. The summed E-state index contributed by atoms with van der Waals surface area (Å²) in [6, 6.07) is 4.68. The van der Waals surface area contributed by atoms with Gasteiger partial charge in [-0.1, -0.05) is 18.3 Å². The van der Waals surface area contributed by atoms with Gasteiger partial charge in [-0.15, -0.1) is 10.2 Å². The van der Waals surface area contributed by atoms with Crippen LogP contribution in [0.2, 0.25) is 0 Å². The summed E-state index contributed by atoms with van der Waals surface area (Å²) in [5.74, 6) is -0.165. The molecule has 0 unspecified atom stereocenters. The van der Waals surface area contributed by atoms with Gasteiger partial charge in [0.15, 0.2) is 11.5 Å². The van der Waals surface area contributed by atoms with Gasteiger partial charge >= 0.3 is 0 Å². The van der Waals surface area contributed by atoms with Crippen LogP contribution in [0, 0.1) is 0 Å². The number of nitrogens with one attached hydrogen (secondary N) is 2. The standard InChI is InChI=1S/C16H19N5O4S/c1-3-4-13(23)18-16-21-20-15(26-16)8-14(24)19-17-9-10-5-6-11(22)12(7-10)25-2/h5-7,9,22H,3-4,8H2,1-2H3,(H,19,24)(H,18,21,23)/b17-9+. The highest BCUT2D eigenvalue weighted by atomic mass is 32.1. The van der Waals surface area contributed by atoms with Gasteiger partial charge in [-0.25, -0.2) is 5.43 Å². The predicted molar refractivity (Wildman–Crippen MR) is 97.5 cm³/mol. The van der Waals surface area contributed by atoms with Crippen LogP contribution in [-0.4, -0.2) is 40.4 Å². The van der Waals surface area contributed by atoms with Gasteiger partial charge in [-0.2, -0.15) is 5.10 Å². The van der Waals surface area contributed by atoms with Gasteiger partial charge in [0.25, 0.3) is 0 Å². The highest BCUT2D eigenvalue weighted by molar-refractivity contribution is 7.15. The molecule has 0 bridgehead atoms. The number of phenolic OH excluding ortho intramolecular Hbond substituents is 1. The fourth-order valence-electron chi connectivity index (χ4n) is 1.91. The number of carbonyl (C=O) groups is 2. The van der Waals surface area contributed by atoms with Crippen molar-refractivity contribution in [3.8, 4) is 11.5 Å². The zero-order chi connectivity index (χ0) is 18.9. The SMILES string of the molecule is CCCC(=O)Nc1nnc(CC(=O)N/N=C/c2ccc(O)c(OC)c2)s1. The molecule has 2 rings (SSSR count). The monoisotopic (exact) mass is 377 g/mol. The van der Waals surface area contributed by atoms with E-state index >= 15 is 0 Å². The summed E-state index contributed by atoms with van der Waals surface area (Å²) in [7, 11) is 1.44. The summed E-state index contributed by atoms with van der Waals surface area (Å²) >= 11 is 1.14. The number of amides is 2. The van der Waals surface area contributed by atoms with Crippen LogP contribution >= 0.6 is 11.3 Å². The molecule has 0 aliphatic carbocycles. The maximum absolute atomic E-state index is 11.9. The number of nitrogens with zero attached hydrogens (tertiary/aromatic N) is 3.